The van der Waals surface area contributed by atoms with E-state index < -0.39 is 0 Å². The quantitative estimate of drug-likeness (QED) is 0.628. The monoisotopic (exact) mass is 259 g/mol. The zero-order valence-electron chi connectivity index (χ0n) is 10.4. The lowest BCUT2D eigenvalue weighted by Crippen LogP contribution is -2.03. The molecule has 0 aliphatic carbocycles. The van der Waals surface area contributed by atoms with E-state index >= 15 is 0 Å². The summed E-state index contributed by atoms with van der Waals surface area (Å²) < 4.78 is 5.32. The van der Waals surface area contributed by atoms with E-state index in [0.717, 1.165) is 23.7 Å². The highest BCUT2D eigenvalue weighted by Gasteiger charge is 2.01. The predicted octanol–water partition coefficient (Wildman–Crippen LogP) is 3.90. The molecule has 0 radical (unpaired) electrons. The van der Waals surface area contributed by atoms with Crippen LogP contribution >= 0.6 is 11.8 Å². The molecule has 2 aromatic rings. The van der Waals surface area contributed by atoms with Gasteiger partial charge in [0.15, 0.2) is 0 Å². The minimum absolute atomic E-state index is 0.937. The maximum atomic E-state index is 5.32. The first-order valence-electron chi connectivity index (χ1n) is 5.95. The molecule has 2 nitrogen and oxygen atoms in total. The van der Waals surface area contributed by atoms with Crippen molar-refractivity contribution in [3.8, 4) is 5.75 Å². The van der Waals surface area contributed by atoms with E-state index in [1.54, 1.807) is 18.9 Å². The standard InChI is InChI=1S/C15H17NOS/c1-17-14-9-5-6-10-15(14)18-12-11-16-13-7-3-2-4-8-13/h2-10,16H,11-12H2,1H3. The van der Waals surface area contributed by atoms with Crippen LogP contribution in [0.4, 0.5) is 5.69 Å². The molecule has 0 aromatic heterocycles. The summed E-state index contributed by atoms with van der Waals surface area (Å²) in [6.45, 7) is 0.937. The Morgan fingerprint density at radius 1 is 1.00 bits per heavy atom. The fourth-order valence-corrected chi connectivity index (χ4v) is 2.54. The van der Waals surface area contributed by atoms with Crippen LogP contribution < -0.4 is 10.1 Å². The minimum Gasteiger partial charge on any atom is -0.496 e. The smallest absolute Gasteiger partial charge is 0.132 e. The Morgan fingerprint density at radius 3 is 2.50 bits per heavy atom. The van der Waals surface area contributed by atoms with Crippen LogP contribution in [0.25, 0.3) is 0 Å². The summed E-state index contributed by atoms with van der Waals surface area (Å²) in [5, 5.41) is 3.39. The van der Waals surface area contributed by atoms with E-state index in [4.69, 9.17) is 4.74 Å². The molecule has 0 spiro atoms. The highest BCUT2D eigenvalue weighted by molar-refractivity contribution is 7.99. The first-order valence-corrected chi connectivity index (χ1v) is 6.93. The van der Waals surface area contributed by atoms with Crippen LogP contribution in [0.5, 0.6) is 5.75 Å². The Morgan fingerprint density at radius 2 is 1.72 bits per heavy atom. The van der Waals surface area contributed by atoms with Gasteiger partial charge in [-0.25, -0.2) is 0 Å². The molecule has 0 atom stereocenters. The van der Waals surface area contributed by atoms with Crippen LogP contribution in [-0.4, -0.2) is 19.4 Å². The summed E-state index contributed by atoms with van der Waals surface area (Å²) in [7, 11) is 1.71. The van der Waals surface area contributed by atoms with Crippen molar-refractivity contribution in [1.29, 1.82) is 0 Å². The number of hydrogen-bond acceptors (Lipinski definition) is 3. The number of para-hydroxylation sites is 2. The van der Waals surface area contributed by atoms with Crippen molar-refractivity contribution < 1.29 is 4.74 Å². The first kappa shape index (κ1) is 12.8. The average molecular weight is 259 g/mol. The van der Waals surface area contributed by atoms with Crippen molar-refractivity contribution in [2.45, 2.75) is 4.90 Å². The van der Waals surface area contributed by atoms with Gasteiger partial charge >= 0.3 is 0 Å². The number of anilines is 1. The molecule has 18 heavy (non-hydrogen) atoms. The number of hydrogen-bond donors (Lipinski definition) is 1. The average Bonchev–Trinajstić information content (AvgIpc) is 2.45. The van der Waals surface area contributed by atoms with Gasteiger partial charge in [0.2, 0.25) is 0 Å². The van der Waals surface area contributed by atoms with E-state index in [9.17, 15) is 0 Å². The lowest BCUT2D eigenvalue weighted by Gasteiger charge is -2.08. The third-order valence-corrected chi connectivity index (χ3v) is 3.59. The highest BCUT2D eigenvalue weighted by atomic mass is 32.2. The second-order valence-electron chi connectivity index (χ2n) is 3.79. The normalized spacial score (nSPS) is 10.1. The van der Waals surface area contributed by atoms with Crippen LogP contribution in [-0.2, 0) is 0 Å². The van der Waals surface area contributed by atoms with Gasteiger partial charge in [-0.05, 0) is 24.3 Å². The lowest BCUT2D eigenvalue weighted by atomic mass is 10.3. The third-order valence-electron chi connectivity index (χ3n) is 2.53. The molecule has 0 unspecified atom stereocenters. The van der Waals surface area contributed by atoms with Crippen molar-refractivity contribution >= 4 is 17.4 Å². The van der Waals surface area contributed by atoms with Crippen molar-refractivity contribution in [3.05, 3.63) is 54.6 Å². The predicted molar refractivity (Wildman–Crippen MR) is 78.6 cm³/mol. The van der Waals surface area contributed by atoms with Gasteiger partial charge in [0.05, 0.1) is 7.11 Å². The van der Waals surface area contributed by atoms with Gasteiger partial charge in [0.25, 0.3) is 0 Å². The first-order chi connectivity index (χ1) is 8.90. The van der Waals surface area contributed by atoms with Crippen LogP contribution in [0, 0.1) is 0 Å². The Labute approximate surface area is 112 Å². The molecular weight excluding hydrogens is 242 g/mol. The van der Waals surface area contributed by atoms with Gasteiger partial charge in [-0.15, -0.1) is 11.8 Å². The summed E-state index contributed by atoms with van der Waals surface area (Å²) in [5.41, 5.74) is 1.16. The van der Waals surface area contributed by atoms with E-state index in [1.807, 2.05) is 36.4 Å². The molecule has 3 heteroatoms. The minimum atomic E-state index is 0.937. The molecular formula is C15H17NOS. The molecule has 1 N–H and O–H groups in total. The van der Waals surface area contributed by atoms with Crippen molar-refractivity contribution in [2.24, 2.45) is 0 Å². The van der Waals surface area contributed by atoms with E-state index in [1.165, 1.54) is 4.90 Å². The summed E-state index contributed by atoms with van der Waals surface area (Å²) >= 11 is 1.80. The number of rotatable bonds is 6. The van der Waals surface area contributed by atoms with Crippen molar-refractivity contribution in [1.82, 2.24) is 0 Å². The second-order valence-corrected chi connectivity index (χ2v) is 4.93. The molecule has 0 bridgehead atoms. The third kappa shape index (κ3) is 3.70. The Hall–Kier alpha value is -1.61. The van der Waals surface area contributed by atoms with E-state index in [2.05, 4.69) is 23.5 Å². The zero-order chi connectivity index (χ0) is 12.6. The molecule has 2 rings (SSSR count). The summed E-state index contributed by atoms with van der Waals surface area (Å²) in [4.78, 5) is 1.19. The molecule has 94 valence electrons. The van der Waals surface area contributed by atoms with Crippen LogP contribution in [0.2, 0.25) is 0 Å². The van der Waals surface area contributed by atoms with E-state index in [0.29, 0.717) is 0 Å². The maximum Gasteiger partial charge on any atom is 0.132 e. The van der Waals surface area contributed by atoms with Crippen LogP contribution in [0.3, 0.4) is 0 Å². The maximum absolute atomic E-state index is 5.32. The fraction of sp³-hybridized carbons (Fsp3) is 0.200. The Bertz CT molecular complexity index is 473. The molecule has 0 saturated heterocycles. The molecule has 0 aliphatic heterocycles. The number of thioether (sulfide) groups is 1. The molecule has 0 amide bonds. The highest BCUT2D eigenvalue weighted by Crippen LogP contribution is 2.28. The molecule has 0 aliphatic rings. The van der Waals surface area contributed by atoms with Crippen LogP contribution in [0.1, 0.15) is 0 Å². The molecule has 2 aromatic carbocycles. The molecule has 0 heterocycles. The second kappa shape index (κ2) is 6.97. The zero-order valence-corrected chi connectivity index (χ0v) is 11.2. The molecule has 0 saturated carbocycles. The number of methoxy groups -OCH3 is 1. The topological polar surface area (TPSA) is 21.3 Å². The Balaban J connectivity index is 1.78. The number of ether oxygens (including phenoxy) is 1. The van der Waals surface area contributed by atoms with Crippen molar-refractivity contribution in [2.75, 3.05) is 24.7 Å². The fourth-order valence-electron chi connectivity index (χ4n) is 1.65. The molecule has 0 fully saturated rings. The van der Waals surface area contributed by atoms with Gasteiger partial charge in [0, 0.05) is 22.9 Å². The van der Waals surface area contributed by atoms with E-state index in [-0.39, 0.29) is 0 Å². The van der Waals surface area contributed by atoms with Crippen LogP contribution in [0.15, 0.2) is 59.5 Å². The largest absolute Gasteiger partial charge is 0.496 e. The summed E-state index contributed by atoms with van der Waals surface area (Å²) in [6.07, 6.45) is 0. The van der Waals surface area contributed by atoms with Crippen molar-refractivity contribution in [3.63, 3.8) is 0 Å². The Kier molecular flexibility index (Phi) is 4.97. The lowest BCUT2D eigenvalue weighted by molar-refractivity contribution is 0.405. The van der Waals surface area contributed by atoms with Gasteiger partial charge in [-0.2, -0.15) is 0 Å². The summed E-state index contributed by atoms with van der Waals surface area (Å²) in [5.74, 6) is 1.96. The SMILES string of the molecule is COc1ccccc1SCCNc1ccccc1. The van der Waals surface area contributed by atoms with Gasteiger partial charge in [-0.1, -0.05) is 30.3 Å². The van der Waals surface area contributed by atoms with Gasteiger partial charge in [0.1, 0.15) is 5.75 Å². The van der Waals surface area contributed by atoms with Gasteiger partial charge < -0.3 is 10.1 Å². The van der Waals surface area contributed by atoms with Gasteiger partial charge in [-0.3, -0.25) is 0 Å². The summed E-state index contributed by atoms with van der Waals surface area (Å²) in [6, 6.07) is 18.4. The number of benzene rings is 2. The number of nitrogens with one attached hydrogen (secondary N) is 1.